The fraction of sp³-hybridized carbons (Fsp3) is 0.429. The van der Waals surface area contributed by atoms with Crippen molar-refractivity contribution in [1.29, 1.82) is 0 Å². The van der Waals surface area contributed by atoms with Gasteiger partial charge in [-0.25, -0.2) is 4.79 Å². The van der Waals surface area contributed by atoms with Crippen molar-refractivity contribution in [2.45, 2.75) is 18.9 Å². The van der Waals surface area contributed by atoms with Gasteiger partial charge < -0.3 is 15.0 Å². The van der Waals surface area contributed by atoms with E-state index in [1.807, 2.05) is 0 Å². The summed E-state index contributed by atoms with van der Waals surface area (Å²) in [7, 11) is 1.78. The number of ether oxygens (including phenoxy) is 1. The summed E-state index contributed by atoms with van der Waals surface area (Å²) in [6.45, 7) is 1.86. The zero-order chi connectivity index (χ0) is 14.7. The van der Waals surface area contributed by atoms with Crippen LogP contribution >= 0.6 is 0 Å². The van der Waals surface area contributed by atoms with E-state index in [2.05, 4.69) is 20.5 Å². The molecule has 3 rings (SSSR count). The average Bonchev–Trinajstić information content (AvgIpc) is 2.55. The van der Waals surface area contributed by atoms with E-state index in [-0.39, 0.29) is 12.1 Å². The van der Waals surface area contributed by atoms with Gasteiger partial charge in [-0.15, -0.1) is 0 Å². The molecule has 1 aliphatic heterocycles. The first-order chi connectivity index (χ1) is 10.2. The van der Waals surface area contributed by atoms with Crippen LogP contribution in [0.1, 0.15) is 12.8 Å². The molecular weight excluding hydrogens is 270 g/mol. The van der Waals surface area contributed by atoms with Gasteiger partial charge in [-0.05, 0) is 32.0 Å². The highest BCUT2D eigenvalue weighted by Gasteiger charge is 2.23. The Balaban J connectivity index is 1.70. The number of hydrogen-bond donors (Lipinski definition) is 1. The van der Waals surface area contributed by atoms with E-state index >= 15 is 0 Å². The molecule has 1 amide bonds. The predicted octanol–water partition coefficient (Wildman–Crippen LogP) is 1.21. The monoisotopic (exact) mass is 287 g/mol. The van der Waals surface area contributed by atoms with Crippen molar-refractivity contribution in [1.82, 2.24) is 25.4 Å². The molecule has 3 heterocycles. The van der Waals surface area contributed by atoms with Crippen LogP contribution in [0.15, 0.2) is 24.7 Å². The summed E-state index contributed by atoms with van der Waals surface area (Å²) in [5.41, 5.74) is 0.719. The van der Waals surface area contributed by atoms with Crippen molar-refractivity contribution in [2.24, 2.45) is 0 Å². The third kappa shape index (κ3) is 3.08. The molecular formula is C14H17N5O2. The van der Waals surface area contributed by atoms with E-state index in [0.29, 0.717) is 5.75 Å². The second kappa shape index (κ2) is 6.01. The molecule has 21 heavy (non-hydrogen) atoms. The van der Waals surface area contributed by atoms with Crippen LogP contribution in [0.5, 0.6) is 5.75 Å². The van der Waals surface area contributed by atoms with Crippen molar-refractivity contribution in [3.05, 3.63) is 24.7 Å². The van der Waals surface area contributed by atoms with E-state index in [1.54, 1.807) is 30.4 Å². The molecule has 2 aromatic heterocycles. The van der Waals surface area contributed by atoms with Crippen LogP contribution < -0.4 is 10.1 Å². The average molecular weight is 287 g/mol. The topological polar surface area (TPSA) is 80.2 Å². The van der Waals surface area contributed by atoms with Gasteiger partial charge in [0.15, 0.2) is 5.75 Å². The Bertz CT molecular complexity index is 642. The lowest BCUT2D eigenvalue weighted by Crippen LogP contribution is -2.45. The summed E-state index contributed by atoms with van der Waals surface area (Å²) in [4.78, 5) is 18.0. The normalized spacial score (nSPS) is 15.9. The summed E-state index contributed by atoms with van der Waals surface area (Å²) in [6, 6.07) is 1.96. The molecule has 0 saturated carbocycles. The summed E-state index contributed by atoms with van der Waals surface area (Å²) < 4.78 is 5.39. The number of rotatable bonds is 2. The van der Waals surface area contributed by atoms with E-state index < -0.39 is 0 Å². The van der Waals surface area contributed by atoms with Gasteiger partial charge in [-0.2, -0.15) is 10.2 Å². The number of fused-ring (bicyclic) bond motifs is 1. The largest absolute Gasteiger partial charge is 0.415 e. The van der Waals surface area contributed by atoms with Gasteiger partial charge in [0.1, 0.15) is 0 Å². The van der Waals surface area contributed by atoms with Crippen LogP contribution in [-0.4, -0.2) is 52.4 Å². The molecule has 0 unspecified atom stereocenters. The molecule has 7 heteroatoms. The highest BCUT2D eigenvalue weighted by molar-refractivity contribution is 5.79. The number of nitrogens with one attached hydrogen (secondary N) is 1. The van der Waals surface area contributed by atoms with Gasteiger partial charge in [0.25, 0.3) is 0 Å². The molecule has 0 spiro atoms. The number of hydrogen-bond acceptors (Lipinski definition) is 6. The van der Waals surface area contributed by atoms with E-state index in [4.69, 9.17) is 4.74 Å². The highest BCUT2D eigenvalue weighted by Crippen LogP contribution is 2.18. The third-order valence-electron chi connectivity index (χ3n) is 3.72. The SMILES string of the molecule is CN(C(=O)Oc1cnc2cnncc2c1)C1CCNCC1. The second-order valence-electron chi connectivity index (χ2n) is 5.09. The lowest BCUT2D eigenvalue weighted by atomic mass is 10.1. The predicted molar refractivity (Wildman–Crippen MR) is 77.0 cm³/mol. The Morgan fingerprint density at radius 1 is 1.29 bits per heavy atom. The lowest BCUT2D eigenvalue weighted by molar-refractivity contribution is 0.135. The fourth-order valence-corrected chi connectivity index (χ4v) is 2.44. The summed E-state index contributed by atoms with van der Waals surface area (Å²) in [5, 5.41) is 11.6. The van der Waals surface area contributed by atoms with Gasteiger partial charge in [-0.1, -0.05) is 0 Å². The van der Waals surface area contributed by atoms with Crippen molar-refractivity contribution >= 4 is 17.0 Å². The smallest absolute Gasteiger partial charge is 0.409 e. The Morgan fingerprint density at radius 3 is 2.86 bits per heavy atom. The maximum absolute atomic E-state index is 12.2. The standard InChI is InChI=1S/C14H17N5O2/c1-19(11-2-4-15-5-3-11)14(20)21-12-6-10-7-17-18-9-13(10)16-8-12/h6-9,11,15H,2-5H2,1H3. The van der Waals surface area contributed by atoms with Gasteiger partial charge in [-0.3, -0.25) is 4.98 Å². The minimum Gasteiger partial charge on any atom is -0.409 e. The molecule has 0 bridgehead atoms. The lowest BCUT2D eigenvalue weighted by Gasteiger charge is -2.30. The van der Waals surface area contributed by atoms with Crippen LogP contribution in [0.2, 0.25) is 0 Å². The minimum absolute atomic E-state index is 0.220. The van der Waals surface area contributed by atoms with Gasteiger partial charge >= 0.3 is 6.09 Å². The summed E-state index contributed by atoms with van der Waals surface area (Å²) in [6.07, 6.45) is 6.22. The summed E-state index contributed by atoms with van der Waals surface area (Å²) >= 11 is 0. The van der Waals surface area contributed by atoms with Gasteiger partial charge in [0.2, 0.25) is 0 Å². The number of aromatic nitrogens is 3. The van der Waals surface area contributed by atoms with Crippen LogP contribution in [-0.2, 0) is 0 Å². The Labute approximate surface area is 122 Å². The number of piperidine rings is 1. The molecule has 110 valence electrons. The summed E-state index contributed by atoms with van der Waals surface area (Å²) in [5.74, 6) is 0.418. The molecule has 1 N–H and O–H groups in total. The van der Waals surface area contributed by atoms with Crippen LogP contribution in [0.3, 0.4) is 0 Å². The van der Waals surface area contributed by atoms with Crippen molar-refractivity contribution in [2.75, 3.05) is 20.1 Å². The molecule has 1 saturated heterocycles. The maximum Gasteiger partial charge on any atom is 0.415 e. The quantitative estimate of drug-likeness (QED) is 0.894. The number of carbonyl (C=O) groups excluding carboxylic acids is 1. The third-order valence-corrected chi connectivity index (χ3v) is 3.72. The van der Waals surface area contributed by atoms with Crippen LogP contribution in [0.4, 0.5) is 4.79 Å². The first kappa shape index (κ1) is 13.7. The van der Waals surface area contributed by atoms with E-state index in [0.717, 1.165) is 36.8 Å². The Hall–Kier alpha value is -2.28. The number of nitrogens with zero attached hydrogens (tertiary/aromatic N) is 4. The minimum atomic E-state index is -0.356. The van der Waals surface area contributed by atoms with Gasteiger partial charge in [0.05, 0.1) is 24.1 Å². The molecule has 1 fully saturated rings. The maximum atomic E-state index is 12.2. The molecule has 0 aromatic carbocycles. The van der Waals surface area contributed by atoms with Crippen LogP contribution in [0.25, 0.3) is 10.9 Å². The molecule has 0 atom stereocenters. The zero-order valence-corrected chi connectivity index (χ0v) is 11.8. The van der Waals surface area contributed by atoms with Crippen molar-refractivity contribution in [3.63, 3.8) is 0 Å². The highest BCUT2D eigenvalue weighted by atomic mass is 16.6. The van der Waals surface area contributed by atoms with Crippen molar-refractivity contribution < 1.29 is 9.53 Å². The van der Waals surface area contributed by atoms with E-state index in [1.165, 1.54) is 6.20 Å². The number of carbonyl (C=O) groups is 1. The molecule has 1 aliphatic rings. The number of pyridine rings is 1. The molecule has 0 radical (unpaired) electrons. The Morgan fingerprint density at radius 2 is 2.05 bits per heavy atom. The number of amides is 1. The fourth-order valence-electron chi connectivity index (χ4n) is 2.44. The molecule has 0 aliphatic carbocycles. The Kier molecular flexibility index (Phi) is 3.92. The van der Waals surface area contributed by atoms with Crippen LogP contribution in [0, 0.1) is 0 Å². The van der Waals surface area contributed by atoms with Gasteiger partial charge in [0, 0.05) is 18.5 Å². The van der Waals surface area contributed by atoms with E-state index in [9.17, 15) is 4.79 Å². The second-order valence-corrected chi connectivity index (χ2v) is 5.09. The molecule has 2 aromatic rings. The zero-order valence-electron chi connectivity index (χ0n) is 11.8. The van der Waals surface area contributed by atoms with Crippen molar-refractivity contribution in [3.8, 4) is 5.75 Å². The molecule has 7 nitrogen and oxygen atoms in total. The first-order valence-corrected chi connectivity index (χ1v) is 6.96. The first-order valence-electron chi connectivity index (χ1n) is 6.96.